The van der Waals surface area contributed by atoms with E-state index in [1.54, 1.807) is 12.1 Å². The van der Waals surface area contributed by atoms with Gasteiger partial charge in [-0.25, -0.2) is 8.42 Å². The Morgan fingerprint density at radius 2 is 1.81 bits per heavy atom. The molecular formula is C10H11IO4S. The Kier molecular flexibility index (Phi) is 4.72. The molecule has 0 saturated heterocycles. The first-order chi connectivity index (χ1) is 7.39. The van der Waals surface area contributed by atoms with Gasteiger partial charge in [0.2, 0.25) is 0 Å². The number of benzene rings is 1. The summed E-state index contributed by atoms with van der Waals surface area (Å²) < 4.78 is 24.1. The van der Waals surface area contributed by atoms with Crippen molar-refractivity contribution < 1.29 is 18.3 Å². The summed E-state index contributed by atoms with van der Waals surface area (Å²) in [5.74, 6) is -1.50. The highest BCUT2D eigenvalue weighted by atomic mass is 127. The van der Waals surface area contributed by atoms with Crippen LogP contribution in [0, 0.1) is 3.57 Å². The first-order valence-electron chi connectivity index (χ1n) is 4.56. The Morgan fingerprint density at radius 1 is 1.25 bits per heavy atom. The normalized spacial score (nSPS) is 11.3. The molecule has 4 nitrogen and oxygen atoms in total. The third-order valence-corrected chi connectivity index (χ3v) is 4.25. The van der Waals surface area contributed by atoms with E-state index < -0.39 is 15.8 Å². The highest BCUT2D eigenvalue weighted by Crippen LogP contribution is 2.11. The van der Waals surface area contributed by atoms with Crippen LogP contribution in [0.4, 0.5) is 0 Å². The van der Waals surface area contributed by atoms with E-state index in [1.807, 2.05) is 12.1 Å². The molecule has 1 rings (SSSR count). The Morgan fingerprint density at radius 3 is 2.31 bits per heavy atom. The molecule has 0 spiro atoms. The molecule has 0 bridgehead atoms. The zero-order chi connectivity index (χ0) is 12.2. The lowest BCUT2D eigenvalue weighted by Crippen LogP contribution is -2.12. The molecule has 1 N–H and O–H groups in total. The van der Waals surface area contributed by atoms with Gasteiger partial charge in [0.15, 0.2) is 9.84 Å². The van der Waals surface area contributed by atoms with Crippen LogP contribution >= 0.6 is 22.6 Å². The SMILES string of the molecule is O=C(O)CCS(=O)(=O)Cc1ccc(I)cc1. The summed E-state index contributed by atoms with van der Waals surface area (Å²) in [6.45, 7) is 0. The van der Waals surface area contributed by atoms with Crippen molar-refractivity contribution in [2.24, 2.45) is 0 Å². The molecule has 1 aromatic carbocycles. The van der Waals surface area contributed by atoms with Gasteiger partial charge in [-0.2, -0.15) is 0 Å². The van der Waals surface area contributed by atoms with E-state index in [9.17, 15) is 13.2 Å². The van der Waals surface area contributed by atoms with Gasteiger partial charge in [-0.3, -0.25) is 4.79 Å². The van der Waals surface area contributed by atoms with Crippen LogP contribution in [-0.2, 0) is 20.4 Å². The molecule has 0 unspecified atom stereocenters. The van der Waals surface area contributed by atoms with Crippen molar-refractivity contribution in [3.8, 4) is 0 Å². The summed E-state index contributed by atoms with van der Waals surface area (Å²) in [6, 6.07) is 7.12. The standard InChI is InChI=1S/C10H11IO4S/c11-9-3-1-8(2-4-9)7-16(14,15)6-5-10(12)13/h1-4H,5-7H2,(H,12,13). The van der Waals surface area contributed by atoms with E-state index in [4.69, 9.17) is 5.11 Å². The van der Waals surface area contributed by atoms with Crippen molar-refractivity contribution >= 4 is 38.4 Å². The lowest BCUT2D eigenvalue weighted by atomic mass is 10.2. The number of hydrogen-bond donors (Lipinski definition) is 1. The van der Waals surface area contributed by atoms with Crippen molar-refractivity contribution in [2.75, 3.05) is 5.75 Å². The number of carbonyl (C=O) groups is 1. The van der Waals surface area contributed by atoms with Crippen LogP contribution in [0.2, 0.25) is 0 Å². The van der Waals surface area contributed by atoms with Crippen molar-refractivity contribution in [1.29, 1.82) is 0 Å². The first-order valence-corrected chi connectivity index (χ1v) is 7.46. The van der Waals surface area contributed by atoms with Crippen LogP contribution in [-0.4, -0.2) is 25.2 Å². The molecule has 0 heterocycles. The highest BCUT2D eigenvalue weighted by molar-refractivity contribution is 14.1. The van der Waals surface area contributed by atoms with Gasteiger partial charge in [0, 0.05) is 3.57 Å². The van der Waals surface area contributed by atoms with Crippen LogP contribution in [0.25, 0.3) is 0 Å². The van der Waals surface area contributed by atoms with Crippen molar-refractivity contribution in [3.05, 3.63) is 33.4 Å². The van der Waals surface area contributed by atoms with Crippen molar-refractivity contribution in [3.63, 3.8) is 0 Å². The molecule has 0 aliphatic carbocycles. The molecule has 0 aliphatic rings. The number of sulfone groups is 1. The summed E-state index contributed by atoms with van der Waals surface area (Å²) in [6.07, 6.45) is -0.341. The quantitative estimate of drug-likeness (QED) is 0.817. The van der Waals surface area contributed by atoms with Gasteiger partial charge in [-0.15, -0.1) is 0 Å². The first kappa shape index (κ1) is 13.4. The number of halogens is 1. The zero-order valence-electron chi connectivity index (χ0n) is 8.39. The van der Waals surface area contributed by atoms with E-state index in [0.717, 1.165) is 3.57 Å². The molecule has 0 amide bonds. The Balaban J connectivity index is 2.65. The van der Waals surface area contributed by atoms with Gasteiger partial charge in [-0.05, 0) is 40.3 Å². The van der Waals surface area contributed by atoms with E-state index in [2.05, 4.69) is 22.6 Å². The monoisotopic (exact) mass is 354 g/mol. The summed E-state index contributed by atoms with van der Waals surface area (Å²) in [7, 11) is -3.33. The van der Waals surface area contributed by atoms with Gasteiger partial charge in [-0.1, -0.05) is 12.1 Å². The number of carboxylic acid groups (broad SMARTS) is 1. The second-order valence-corrected chi connectivity index (χ2v) is 6.79. The fourth-order valence-electron chi connectivity index (χ4n) is 1.15. The third kappa shape index (κ3) is 4.93. The molecule has 16 heavy (non-hydrogen) atoms. The van der Waals surface area contributed by atoms with Gasteiger partial charge in [0.25, 0.3) is 0 Å². The Labute approximate surface area is 108 Å². The molecule has 0 saturated carbocycles. The second-order valence-electron chi connectivity index (χ2n) is 3.36. The van der Waals surface area contributed by atoms with E-state index in [1.165, 1.54) is 0 Å². The van der Waals surface area contributed by atoms with Crippen LogP contribution in [0.1, 0.15) is 12.0 Å². The molecule has 6 heteroatoms. The second kappa shape index (κ2) is 5.62. The van der Waals surface area contributed by atoms with Crippen molar-refractivity contribution in [1.82, 2.24) is 0 Å². The highest BCUT2D eigenvalue weighted by Gasteiger charge is 2.13. The van der Waals surface area contributed by atoms with Gasteiger partial charge in [0.05, 0.1) is 17.9 Å². The Hall–Kier alpha value is -0.630. The lowest BCUT2D eigenvalue weighted by Gasteiger charge is -2.03. The van der Waals surface area contributed by atoms with Crippen LogP contribution in [0.3, 0.4) is 0 Å². The summed E-state index contributed by atoms with van der Waals surface area (Å²) in [4.78, 5) is 10.3. The van der Waals surface area contributed by atoms with Crippen LogP contribution < -0.4 is 0 Å². The van der Waals surface area contributed by atoms with E-state index in [-0.39, 0.29) is 17.9 Å². The fraction of sp³-hybridized carbons (Fsp3) is 0.300. The predicted octanol–water partition coefficient (Wildman–Crippen LogP) is 1.68. The maximum Gasteiger partial charge on any atom is 0.304 e. The number of hydrogen-bond acceptors (Lipinski definition) is 3. The minimum absolute atomic E-state index is 0.100. The molecule has 0 aromatic heterocycles. The van der Waals surface area contributed by atoms with Crippen LogP contribution in [0.5, 0.6) is 0 Å². The molecule has 88 valence electrons. The zero-order valence-corrected chi connectivity index (χ0v) is 11.4. The Bertz CT molecular complexity index is 464. The average molecular weight is 354 g/mol. The van der Waals surface area contributed by atoms with E-state index in [0.29, 0.717) is 5.56 Å². The smallest absolute Gasteiger partial charge is 0.304 e. The molecule has 0 aliphatic heterocycles. The van der Waals surface area contributed by atoms with Gasteiger partial charge >= 0.3 is 5.97 Å². The maximum atomic E-state index is 11.5. The summed E-state index contributed by atoms with van der Waals surface area (Å²) >= 11 is 2.13. The predicted molar refractivity (Wildman–Crippen MR) is 68.9 cm³/mol. The number of rotatable bonds is 5. The molecular weight excluding hydrogens is 343 g/mol. The summed E-state index contributed by atoms with van der Waals surface area (Å²) in [5, 5.41) is 8.41. The number of carboxylic acids is 1. The van der Waals surface area contributed by atoms with Crippen LogP contribution in [0.15, 0.2) is 24.3 Å². The number of aliphatic carboxylic acids is 1. The minimum Gasteiger partial charge on any atom is -0.481 e. The molecule has 0 radical (unpaired) electrons. The third-order valence-electron chi connectivity index (χ3n) is 1.93. The topological polar surface area (TPSA) is 71.4 Å². The van der Waals surface area contributed by atoms with Gasteiger partial charge in [0.1, 0.15) is 0 Å². The minimum atomic E-state index is -3.33. The fourth-order valence-corrected chi connectivity index (χ4v) is 2.84. The summed E-state index contributed by atoms with van der Waals surface area (Å²) in [5.41, 5.74) is 0.686. The molecule has 0 atom stereocenters. The van der Waals surface area contributed by atoms with E-state index >= 15 is 0 Å². The van der Waals surface area contributed by atoms with Gasteiger partial charge < -0.3 is 5.11 Å². The molecule has 0 fully saturated rings. The largest absolute Gasteiger partial charge is 0.481 e. The maximum absolute atomic E-state index is 11.5. The average Bonchev–Trinajstić information content (AvgIpc) is 2.19. The lowest BCUT2D eigenvalue weighted by molar-refractivity contribution is -0.136. The van der Waals surface area contributed by atoms with Crippen molar-refractivity contribution in [2.45, 2.75) is 12.2 Å². The molecule has 1 aromatic rings.